The summed E-state index contributed by atoms with van der Waals surface area (Å²) in [5.74, 6) is 0.0677. The highest BCUT2D eigenvalue weighted by Crippen LogP contribution is 2.33. The van der Waals surface area contributed by atoms with E-state index in [0.717, 1.165) is 38.8 Å². The lowest BCUT2D eigenvalue weighted by atomic mass is 10.4. The van der Waals surface area contributed by atoms with E-state index >= 15 is 0 Å². The summed E-state index contributed by atoms with van der Waals surface area (Å²) < 4.78 is 3.27. The molecule has 1 aromatic heterocycles. The Morgan fingerprint density at radius 3 is 2.59 bits per heavy atom. The molecule has 2 fully saturated rings. The van der Waals surface area contributed by atoms with Gasteiger partial charge in [-0.3, -0.25) is 13.9 Å². The predicted molar refractivity (Wildman–Crippen MR) is 62.8 cm³/mol. The van der Waals surface area contributed by atoms with E-state index in [2.05, 4.69) is 0 Å². The lowest BCUT2D eigenvalue weighted by Gasteiger charge is -2.14. The molecular formula is C12H17N3O2. The van der Waals surface area contributed by atoms with Crippen LogP contribution in [0.2, 0.25) is 0 Å². The average Bonchev–Trinajstić information content (AvgIpc) is 2.89. The van der Waals surface area contributed by atoms with Crippen molar-refractivity contribution in [2.24, 2.45) is 0 Å². The van der Waals surface area contributed by atoms with Gasteiger partial charge in [0.2, 0.25) is 5.91 Å². The van der Waals surface area contributed by atoms with Crippen LogP contribution in [0.5, 0.6) is 0 Å². The second-order valence-electron chi connectivity index (χ2n) is 4.93. The molecule has 0 radical (unpaired) electrons. The van der Waals surface area contributed by atoms with Crippen molar-refractivity contribution in [1.82, 2.24) is 14.0 Å². The standard InChI is InChI=1S/C12H17N3O2/c16-11(13-5-1-2-6-13)9-14-7-8-15(12(14)17)10-3-4-10/h7-8,10H,1-6,9H2. The molecule has 1 saturated heterocycles. The summed E-state index contributed by atoms with van der Waals surface area (Å²) in [7, 11) is 0. The van der Waals surface area contributed by atoms with Gasteiger partial charge in [-0.1, -0.05) is 0 Å². The van der Waals surface area contributed by atoms with Gasteiger partial charge in [0.15, 0.2) is 0 Å². The van der Waals surface area contributed by atoms with Crippen LogP contribution in [0.15, 0.2) is 17.2 Å². The van der Waals surface area contributed by atoms with E-state index in [9.17, 15) is 9.59 Å². The van der Waals surface area contributed by atoms with E-state index in [4.69, 9.17) is 0 Å². The van der Waals surface area contributed by atoms with Crippen molar-refractivity contribution >= 4 is 5.91 Å². The highest BCUT2D eigenvalue weighted by atomic mass is 16.2. The first-order valence-electron chi connectivity index (χ1n) is 6.31. The highest BCUT2D eigenvalue weighted by molar-refractivity contribution is 5.76. The molecule has 2 heterocycles. The number of imidazole rings is 1. The van der Waals surface area contributed by atoms with Gasteiger partial charge in [-0.15, -0.1) is 0 Å². The average molecular weight is 235 g/mol. The van der Waals surface area contributed by atoms with Crippen LogP contribution >= 0.6 is 0 Å². The zero-order valence-corrected chi connectivity index (χ0v) is 9.84. The molecule has 0 N–H and O–H groups in total. The normalized spacial score (nSPS) is 19.9. The van der Waals surface area contributed by atoms with Crippen LogP contribution in [0.4, 0.5) is 0 Å². The number of carbonyl (C=O) groups excluding carboxylic acids is 1. The molecule has 1 aliphatic carbocycles. The summed E-state index contributed by atoms with van der Waals surface area (Å²) in [6, 6.07) is 0.380. The minimum atomic E-state index is -0.0416. The second-order valence-corrected chi connectivity index (χ2v) is 4.93. The molecule has 5 nitrogen and oxygen atoms in total. The number of rotatable bonds is 3. The molecule has 2 aliphatic rings. The Hall–Kier alpha value is -1.52. The number of carbonyl (C=O) groups is 1. The van der Waals surface area contributed by atoms with Crippen molar-refractivity contribution < 1.29 is 4.79 Å². The number of amides is 1. The van der Waals surface area contributed by atoms with E-state index < -0.39 is 0 Å². The van der Waals surface area contributed by atoms with Crippen LogP contribution in [0.3, 0.4) is 0 Å². The summed E-state index contributed by atoms with van der Waals surface area (Å²) in [6.45, 7) is 1.88. The minimum Gasteiger partial charge on any atom is -0.341 e. The molecule has 92 valence electrons. The molecule has 0 spiro atoms. The van der Waals surface area contributed by atoms with E-state index in [1.165, 1.54) is 4.57 Å². The van der Waals surface area contributed by atoms with E-state index in [1.54, 1.807) is 17.0 Å². The zero-order chi connectivity index (χ0) is 11.8. The fourth-order valence-electron chi connectivity index (χ4n) is 2.39. The molecule has 1 amide bonds. The number of nitrogens with zero attached hydrogens (tertiary/aromatic N) is 3. The third kappa shape index (κ3) is 2.01. The first kappa shape index (κ1) is 10.6. The molecule has 17 heavy (non-hydrogen) atoms. The predicted octanol–water partition coefficient (Wildman–Crippen LogP) is 0.607. The van der Waals surface area contributed by atoms with Gasteiger partial charge in [-0.05, 0) is 25.7 Å². The van der Waals surface area contributed by atoms with Gasteiger partial charge in [-0.2, -0.15) is 0 Å². The third-order valence-electron chi connectivity index (χ3n) is 3.58. The molecular weight excluding hydrogens is 218 g/mol. The number of aromatic nitrogens is 2. The SMILES string of the molecule is O=C(Cn1ccn(C2CC2)c1=O)N1CCCC1. The lowest BCUT2D eigenvalue weighted by molar-refractivity contribution is -0.130. The van der Waals surface area contributed by atoms with Crippen molar-refractivity contribution in [3.63, 3.8) is 0 Å². The smallest absolute Gasteiger partial charge is 0.328 e. The maximum Gasteiger partial charge on any atom is 0.328 e. The maximum absolute atomic E-state index is 12.0. The lowest BCUT2D eigenvalue weighted by Crippen LogP contribution is -2.34. The molecule has 1 saturated carbocycles. The summed E-state index contributed by atoms with van der Waals surface area (Å²) in [6.07, 6.45) is 7.88. The van der Waals surface area contributed by atoms with Gasteiger partial charge in [0, 0.05) is 31.5 Å². The van der Waals surface area contributed by atoms with Crippen molar-refractivity contribution in [2.45, 2.75) is 38.3 Å². The Labute approximate surface area is 99.6 Å². The van der Waals surface area contributed by atoms with Crippen molar-refractivity contribution in [2.75, 3.05) is 13.1 Å². The monoisotopic (exact) mass is 235 g/mol. The van der Waals surface area contributed by atoms with Gasteiger partial charge in [0.1, 0.15) is 6.54 Å². The Morgan fingerprint density at radius 2 is 1.94 bits per heavy atom. The minimum absolute atomic E-state index is 0.0416. The van der Waals surface area contributed by atoms with Crippen molar-refractivity contribution in [3.05, 3.63) is 22.9 Å². The van der Waals surface area contributed by atoms with Crippen molar-refractivity contribution in [3.8, 4) is 0 Å². The second kappa shape index (κ2) is 4.05. The van der Waals surface area contributed by atoms with E-state index in [-0.39, 0.29) is 18.1 Å². The number of likely N-dealkylation sites (tertiary alicyclic amines) is 1. The molecule has 1 aliphatic heterocycles. The first-order chi connectivity index (χ1) is 8.25. The van der Waals surface area contributed by atoms with Crippen LogP contribution in [0.25, 0.3) is 0 Å². The third-order valence-corrected chi connectivity index (χ3v) is 3.58. The molecule has 0 atom stereocenters. The van der Waals surface area contributed by atoms with Gasteiger partial charge in [0.25, 0.3) is 0 Å². The molecule has 0 bridgehead atoms. The van der Waals surface area contributed by atoms with E-state index in [1.807, 2.05) is 4.90 Å². The maximum atomic E-state index is 12.0. The Bertz CT molecular complexity index is 478. The zero-order valence-electron chi connectivity index (χ0n) is 9.84. The van der Waals surface area contributed by atoms with Crippen LogP contribution in [0.1, 0.15) is 31.7 Å². The molecule has 0 unspecified atom stereocenters. The Kier molecular flexibility index (Phi) is 2.53. The van der Waals surface area contributed by atoms with Gasteiger partial charge < -0.3 is 4.90 Å². The summed E-state index contributed by atoms with van der Waals surface area (Å²) in [5.41, 5.74) is -0.0416. The first-order valence-corrected chi connectivity index (χ1v) is 6.31. The summed E-state index contributed by atoms with van der Waals surface area (Å²) in [4.78, 5) is 25.7. The highest BCUT2D eigenvalue weighted by Gasteiger charge is 2.26. The number of hydrogen-bond acceptors (Lipinski definition) is 2. The van der Waals surface area contributed by atoms with Crippen LogP contribution in [0, 0.1) is 0 Å². The largest absolute Gasteiger partial charge is 0.341 e. The topological polar surface area (TPSA) is 47.2 Å². The van der Waals surface area contributed by atoms with Crippen LogP contribution < -0.4 is 5.69 Å². The Balaban J connectivity index is 1.71. The van der Waals surface area contributed by atoms with Gasteiger partial charge >= 0.3 is 5.69 Å². The molecule has 0 aromatic carbocycles. The van der Waals surface area contributed by atoms with Gasteiger partial charge in [-0.25, -0.2) is 4.79 Å². The molecule has 1 aromatic rings. The van der Waals surface area contributed by atoms with E-state index in [0.29, 0.717) is 6.04 Å². The number of hydrogen-bond donors (Lipinski definition) is 0. The quantitative estimate of drug-likeness (QED) is 0.770. The fraction of sp³-hybridized carbons (Fsp3) is 0.667. The Morgan fingerprint density at radius 1 is 1.24 bits per heavy atom. The fourth-order valence-corrected chi connectivity index (χ4v) is 2.39. The van der Waals surface area contributed by atoms with Crippen LogP contribution in [-0.4, -0.2) is 33.0 Å². The summed E-state index contributed by atoms with van der Waals surface area (Å²) in [5, 5.41) is 0. The van der Waals surface area contributed by atoms with Crippen LogP contribution in [-0.2, 0) is 11.3 Å². The summed E-state index contributed by atoms with van der Waals surface area (Å²) >= 11 is 0. The molecule has 5 heteroatoms. The molecule has 3 rings (SSSR count). The van der Waals surface area contributed by atoms with Gasteiger partial charge in [0.05, 0.1) is 0 Å². The van der Waals surface area contributed by atoms with Crippen molar-refractivity contribution in [1.29, 1.82) is 0 Å².